The van der Waals surface area contributed by atoms with Crippen LogP contribution < -0.4 is 0 Å². The minimum absolute atomic E-state index is 0. The highest BCUT2D eigenvalue weighted by Gasteiger charge is 2.13. The fourth-order valence-corrected chi connectivity index (χ4v) is 4.27. The summed E-state index contributed by atoms with van der Waals surface area (Å²) in [7, 11) is 0. The third-order valence-electron chi connectivity index (χ3n) is 5.81. The van der Waals surface area contributed by atoms with Crippen LogP contribution in [0.2, 0.25) is 0 Å². The van der Waals surface area contributed by atoms with Crippen molar-refractivity contribution in [3.63, 3.8) is 0 Å². The van der Waals surface area contributed by atoms with Crippen molar-refractivity contribution in [2.75, 3.05) is 0 Å². The second kappa shape index (κ2) is 16.1. The predicted molar refractivity (Wildman–Crippen MR) is 159 cm³/mol. The predicted octanol–water partition coefficient (Wildman–Crippen LogP) is 10.4. The Morgan fingerprint density at radius 2 is 1.06 bits per heavy atom. The van der Waals surface area contributed by atoms with E-state index < -0.39 is 0 Å². The van der Waals surface area contributed by atoms with E-state index >= 15 is 0 Å². The van der Waals surface area contributed by atoms with Gasteiger partial charge >= 0.3 is 0 Å². The molecule has 1 aliphatic carbocycles. The molecule has 4 rings (SSSR count). The number of fused-ring (bicyclic) bond motifs is 1. The molecule has 0 N–H and O–H groups in total. The lowest BCUT2D eigenvalue weighted by atomic mass is 9.98. The maximum absolute atomic E-state index is 2.38. The molecule has 0 amide bonds. The van der Waals surface area contributed by atoms with Crippen molar-refractivity contribution >= 4 is 5.57 Å². The van der Waals surface area contributed by atoms with Crippen molar-refractivity contribution in [3.05, 3.63) is 113 Å². The maximum Gasteiger partial charge on any atom is -0.00854 e. The normalized spacial score (nSPS) is 11.7. The fraction of sp³-hybridized carbons (Fsp3) is 0.429. The van der Waals surface area contributed by atoms with Gasteiger partial charge in [-0.25, -0.2) is 0 Å². The molecule has 3 aromatic carbocycles. The van der Waals surface area contributed by atoms with Gasteiger partial charge in [0.05, 0.1) is 0 Å². The first-order valence-corrected chi connectivity index (χ1v) is 13.1. The van der Waals surface area contributed by atoms with E-state index in [1.165, 1.54) is 47.1 Å². The van der Waals surface area contributed by atoms with Crippen LogP contribution in [0.5, 0.6) is 0 Å². The zero-order chi connectivity index (χ0) is 24.9. The molecule has 0 heterocycles. The number of rotatable bonds is 6. The van der Waals surface area contributed by atoms with Crippen molar-refractivity contribution in [2.45, 2.75) is 81.6 Å². The highest BCUT2D eigenvalue weighted by atomic mass is 14.2. The molecule has 0 bridgehead atoms. The SMILES string of the molecule is C.CC(C)CC1=CCc2ccccc21.CC(C)Cc1ccccc1.Cc1ccc(CC(C)C)cc1. The lowest BCUT2D eigenvalue weighted by Gasteiger charge is -2.07. The zero-order valence-corrected chi connectivity index (χ0v) is 22.6. The molecule has 190 valence electrons. The van der Waals surface area contributed by atoms with Crippen molar-refractivity contribution < 1.29 is 0 Å². The number of aryl methyl sites for hydroxylation is 1. The van der Waals surface area contributed by atoms with Gasteiger partial charge in [-0.1, -0.05) is 139 Å². The molecular formula is C35H50. The van der Waals surface area contributed by atoms with Crippen LogP contribution in [0.3, 0.4) is 0 Å². The number of allylic oxidation sites excluding steroid dienone is 2. The topological polar surface area (TPSA) is 0 Å². The molecule has 0 saturated carbocycles. The maximum atomic E-state index is 2.38. The summed E-state index contributed by atoms with van der Waals surface area (Å²) in [5, 5.41) is 0. The first-order valence-electron chi connectivity index (χ1n) is 13.1. The molecule has 0 saturated heterocycles. The Morgan fingerprint density at radius 1 is 0.571 bits per heavy atom. The molecule has 3 aromatic rings. The third-order valence-corrected chi connectivity index (χ3v) is 5.81. The molecule has 0 atom stereocenters. The van der Waals surface area contributed by atoms with Crippen LogP contribution in [0, 0.1) is 24.7 Å². The lowest BCUT2D eigenvalue weighted by Crippen LogP contribution is -1.93. The second-order valence-corrected chi connectivity index (χ2v) is 10.9. The number of hydrogen-bond acceptors (Lipinski definition) is 0. The van der Waals surface area contributed by atoms with Crippen LogP contribution >= 0.6 is 0 Å². The van der Waals surface area contributed by atoms with E-state index in [-0.39, 0.29) is 7.43 Å². The van der Waals surface area contributed by atoms with Gasteiger partial charge in [-0.15, -0.1) is 0 Å². The first-order chi connectivity index (χ1) is 16.2. The largest absolute Gasteiger partial charge is 0.0776 e. The summed E-state index contributed by atoms with van der Waals surface area (Å²) >= 11 is 0. The number of hydrogen-bond donors (Lipinski definition) is 0. The van der Waals surface area contributed by atoms with Crippen molar-refractivity contribution in [2.24, 2.45) is 17.8 Å². The summed E-state index contributed by atoms with van der Waals surface area (Å²) in [4.78, 5) is 0. The van der Waals surface area contributed by atoms with Gasteiger partial charge in [-0.3, -0.25) is 0 Å². The lowest BCUT2D eigenvalue weighted by molar-refractivity contribution is 0.647. The van der Waals surface area contributed by atoms with E-state index in [4.69, 9.17) is 0 Å². The van der Waals surface area contributed by atoms with Gasteiger partial charge in [0.15, 0.2) is 0 Å². The molecule has 0 spiro atoms. The van der Waals surface area contributed by atoms with Crippen molar-refractivity contribution in [3.8, 4) is 0 Å². The van der Waals surface area contributed by atoms with E-state index in [0.29, 0.717) is 0 Å². The highest BCUT2D eigenvalue weighted by molar-refractivity contribution is 5.72. The average Bonchev–Trinajstić information content (AvgIpc) is 3.19. The summed E-state index contributed by atoms with van der Waals surface area (Å²) in [5.41, 5.74) is 8.76. The smallest absolute Gasteiger partial charge is 0.00854 e. The summed E-state index contributed by atoms with van der Waals surface area (Å²) in [6.45, 7) is 15.7. The molecule has 0 heteroatoms. The Morgan fingerprint density at radius 3 is 1.60 bits per heavy atom. The van der Waals surface area contributed by atoms with Crippen LogP contribution in [-0.4, -0.2) is 0 Å². The molecular weight excluding hydrogens is 420 g/mol. The fourth-order valence-electron chi connectivity index (χ4n) is 4.27. The van der Waals surface area contributed by atoms with E-state index in [1.807, 2.05) is 0 Å². The standard InChI is InChI=1S/C13H16.C11H16.C10H14.CH4/c1-10(2)9-12-8-7-11-5-3-4-6-13(11)12;1-9(2)8-11-6-4-10(3)5-7-11;1-9(2)8-10-6-4-3-5-7-10;/h3-6,8,10H,7,9H2,1-2H3;4-7,9H,8H2,1-3H3;3-7,9H,8H2,1-2H3;1H4. The zero-order valence-electron chi connectivity index (χ0n) is 22.6. The van der Waals surface area contributed by atoms with Gasteiger partial charge in [-0.05, 0) is 78.2 Å². The highest BCUT2D eigenvalue weighted by Crippen LogP contribution is 2.31. The molecule has 0 nitrogen and oxygen atoms in total. The quantitative estimate of drug-likeness (QED) is 0.336. The third kappa shape index (κ3) is 12.1. The van der Waals surface area contributed by atoms with Gasteiger partial charge in [0.25, 0.3) is 0 Å². The monoisotopic (exact) mass is 470 g/mol. The van der Waals surface area contributed by atoms with E-state index in [2.05, 4.69) is 133 Å². The van der Waals surface area contributed by atoms with E-state index in [0.717, 1.165) is 24.2 Å². The summed E-state index contributed by atoms with van der Waals surface area (Å²) in [6, 6.07) is 28.2. The van der Waals surface area contributed by atoms with Crippen LogP contribution in [0.1, 0.15) is 83.2 Å². The van der Waals surface area contributed by atoms with Crippen LogP contribution in [-0.2, 0) is 19.3 Å². The van der Waals surface area contributed by atoms with Crippen LogP contribution in [0.4, 0.5) is 0 Å². The van der Waals surface area contributed by atoms with E-state index in [9.17, 15) is 0 Å². The van der Waals surface area contributed by atoms with Gasteiger partial charge < -0.3 is 0 Å². The van der Waals surface area contributed by atoms with Crippen LogP contribution in [0.15, 0.2) is 84.9 Å². The van der Waals surface area contributed by atoms with E-state index in [1.54, 1.807) is 5.57 Å². The Bertz CT molecular complexity index is 972. The second-order valence-electron chi connectivity index (χ2n) is 10.9. The Kier molecular flexibility index (Phi) is 14.0. The van der Waals surface area contributed by atoms with Gasteiger partial charge in [0.1, 0.15) is 0 Å². The molecule has 35 heavy (non-hydrogen) atoms. The number of benzene rings is 3. The molecule has 1 aliphatic rings. The minimum atomic E-state index is 0. The Labute approximate surface area is 217 Å². The molecule has 0 aliphatic heterocycles. The first kappa shape index (κ1) is 30.4. The molecule has 0 fully saturated rings. The van der Waals surface area contributed by atoms with Gasteiger partial charge in [0, 0.05) is 0 Å². The Balaban J connectivity index is 0.000000262. The van der Waals surface area contributed by atoms with Gasteiger partial charge in [0.2, 0.25) is 0 Å². The summed E-state index contributed by atoms with van der Waals surface area (Å²) < 4.78 is 0. The Hall–Kier alpha value is -2.60. The average molecular weight is 471 g/mol. The van der Waals surface area contributed by atoms with Crippen LogP contribution in [0.25, 0.3) is 5.57 Å². The van der Waals surface area contributed by atoms with Crippen molar-refractivity contribution in [1.29, 1.82) is 0 Å². The molecule has 0 aromatic heterocycles. The van der Waals surface area contributed by atoms with Crippen molar-refractivity contribution in [1.82, 2.24) is 0 Å². The molecule has 0 radical (unpaired) electrons. The van der Waals surface area contributed by atoms with Gasteiger partial charge in [-0.2, -0.15) is 0 Å². The summed E-state index contributed by atoms with van der Waals surface area (Å²) in [5.74, 6) is 2.29. The summed E-state index contributed by atoms with van der Waals surface area (Å²) in [6.07, 6.45) is 7.13. The molecule has 0 unspecified atom stereocenters. The minimum Gasteiger partial charge on any atom is -0.0776 e.